The molecule has 1 aromatic heterocycles. The summed E-state index contributed by atoms with van der Waals surface area (Å²) in [7, 11) is 0. The van der Waals surface area contributed by atoms with Gasteiger partial charge in [0, 0.05) is 25.0 Å². The van der Waals surface area contributed by atoms with Crippen LogP contribution < -0.4 is 0 Å². The van der Waals surface area contributed by atoms with E-state index in [0.717, 1.165) is 11.6 Å². The lowest BCUT2D eigenvalue weighted by Crippen LogP contribution is -2.35. The molecule has 0 aliphatic carbocycles. The van der Waals surface area contributed by atoms with Crippen LogP contribution >= 0.6 is 0 Å². The van der Waals surface area contributed by atoms with Gasteiger partial charge < -0.3 is 4.90 Å². The maximum absolute atomic E-state index is 4.62. The highest BCUT2D eigenvalue weighted by molar-refractivity contribution is 5.66. The Morgan fingerprint density at radius 2 is 2.07 bits per heavy atom. The van der Waals surface area contributed by atoms with Crippen LogP contribution in [-0.4, -0.2) is 23.0 Å². The maximum atomic E-state index is 4.62. The predicted octanol–water partition coefficient (Wildman–Crippen LogP) is 2.46. The zero-order chi connectivity index (χ0) is 10.3. The van der Waals surface area contributed by atoms with E-state index in [1.807, 2.05) is 0 Å². The Balaban J connectivity index is 2.00. The Morgan fingerprint density at radius 1 is 1.27 bits per heavy atom. The van der Waals surface area contributed by atoms with E-state index in [1.165, 1.54) is 37.2 Å². The second-order valence-corrected chi connectivity index (χ2v) is 4.56. The first-order valence-electron chi connectivity index (χ1n) is 5.73. The zero-order valence-electron chi connectivity index (χ0n) is 9.11. The number of allylic oxidation sites excluding steroid dienone is 1. The highest BCUT2D eigenvalue weighted by atomic mass is 15.1. The van der Waals surface area contributed by atoms with E-state index in [2.05, 4.69) is 41.2 Å². The Morgan fingerprint density at radius 3 is 2.67 bits per heavy atom. The third-order valence-electron chi connectivity index (χ3n) is 3.48. The first-order chi connectivity index (χ1) is 7.33. The number of hydrogen-bond donors (Lipinski definition) is 0. The van der Waals surface area contributed by atoms with Crippen LogP contribution in [-0.2, 0) is 0 Å². The summed E-state index contributed by atoms with van der Waals surface area (Å²) >= 11 is 0. The molecule has 78 valence electrons. The molecule has 1 saturated heterocycles. The largest absolute Gasteiger partial charge is 0.377 e. The van der Waals surface area contributed by atoms with Crippen LogP contribution in [0.2, 0.25) is 0 Å². The second-order valence-electron chi connectivity index (χ2n) is 4.56. The van der Waals surface area contributed by atoms with Crippen LogP contribution in [0.5, 0.6) is 0 Å². The van der Waals surface area contributed by atoms with Crippen LogP contribution in [0, 0.1) is 12.8 Å². The van der Waals surface area contributed by atoms with Gasteiger partial charge in [-0.3, -0.25) is 4.98 Å². The number of aromatic nitrogens is 1. The molecule has 0 spiro atoms. The lowest BCUT2D eigenvalue weighted by atomic mass is 9.84. The van der Waals surface area contributed by atoms with Gasteiger partial charge in [0.25, 0.3) is 0 Å². The summed E-state index contributed by atoms with van der Waals surface area (Å²) in [5, 5.41) is 0. The Labute approximate surface area is 90.6 Å². The molecule has 0 N–H and O–H groups in total. The molecule has 0 unspecified atom stereocenters. The average Bonchev–Trinajstić information content (AvgIpc) is 2.30. The summed E-state index contributed by atoms with van der Waals surface area (Å²) in [6.07, 6.45) is 4.93. The monoisotopic (exact) mass is 200 g/mol. The van der Waals surface area contributed by atoms with Crippen molar-refractivity contribution in [3.63, 3.8) is 0 Å². The van der Waals surface area contributed by atoms with Gasteiger partial charge in [-0.2, -0.15) is 0 Å². The van der Waals surface area contributed by atoms with Crippen LogP contribution in [0.25, 0.3) is 5.57 Å². The molecular formula is C13H16N2. The molecule has 2 nitrogen and oxygen atoms in total. The minimum absolute atomic E-state index is 0.754. The molecule has 0 aromatic carbocycles. The lowest BCUT2D eigenvalue weighted by Gasteiger charge is -2.38. The Bertz CT molecular complexity index is 401. The summed E-state index contributed by atoms with van der Waals surface area (Å²) < 4.78 is 0. The van der Waals surface area contributed by atoms with E-state index >= 15 is 0 Å². The van der Waals surface area contributed by atoms with Crippen LogP contribution in [0.15, 0.2) is 24.4 Å². The number of aryl methyl sites for hydroxylation is 1. The molecule has 0 atom stereocenters. The normalized spacial score (nSPS) is 20.6. The maximum Gasteiger partial charge on any atom is 0.0682 e. The molecule has 2 heteroatoms. The van der Waals surface area contributed by atoms with Crippen molar-refractivity contribution in [1.29, 1.82) is 0 Å². The van der Waals surface area contributed by atoms with E-state index in [4.69, 9.17) is 0 Å². The summed E-state index contributed by atoms with van der Waals surface area (Å²) in [6.45, 7) is 4.53. The van der Waals surface area contributed by atoms with Crippen LogP contribution in [0.4, 0.5) is 0 Å². The molecular weight excluding hydrogens is 184 g/mol. The van der Waals surface area contributed by atoms with Crippen LogP contribution in [0.3, 0.4) is 0 Å². The van der Waals surface area contributed by atoms with E-state index in [1.54, 1.807) is 0 Å². The van der Waals surface area contributed by atoms with E-state index in [-0.39, 0.29) is 0 Å². The smallest absolute Gasteiger partial charge is 0.0682 e. The SMILES string of the molecule is Cc1cccc(C2=CN3CCC2CC3)n1. The van der Waals surface area contributed by atoms with Crippen molar-refractivity contribution < 1.29 is 0 Å². The third kappa shape index (κ3) is 1.54. The number of rotatable bonds is 1. The fourth-order valence-electron chi connectivity index (χ4n) is 2.62. The first kappa shape index (κ1) is 8.96. The lowest BCUT2D eigenvalue weighted by molar-refractivity contribution is 0.252. The predicted molar refractivity (Wildman–Crippen MR) is 61.2 cm³/mol. The minimum atomic E-state index is 0.754. The molecule has 4 rings (SSSR count). The molecule has 3 aliphatic heterocycles. The molecule has 15 heavy (non-hydrogen) atoms. The summed E-state index contributed by atoms with van der Waals surface area (Å²) in [4.78, 5) is 7.05. The number of nitrogens with zero attached hydrogens (tertiary/aromatic N) is 2. The van der Waals surface area contributed by atoms with Crippen molar-refractivity contribution in [2.75, 3.05) is 13.1 Å². The van der Waals surface area contributed by atoms with Crippen molar-refractivity contribution in [3.8, 4) is 0 Å². The second kappa shape index (κ2) is 3.37. The Kier molecular flexibility index (Phi) is 2.01. The Hall–Kier alpha value is -1.31. The van der Waals surface area contributed by atoms with Crippen molar-refractivity contribution in [3.05, 3.63) is 35.8 Å². The van der Waals surface area contributed by atoms with Crippen molar-refractivity contribution >= 4 is 5.57 Å². The number of fused-ring (bicyclic) bond motifs is 2. The molecule has 1 fully saturated rings. The molecule has 2 bridgehead atoms. The zero-order valence-corrected chi connectivity index (χ0v) is 9.11. The minimum Gasteiger partial charge on any atom is -0.377 e. The van der Waals surface area contributed by atoms with Crippen molar-refractivity contribution in [2.45, 2.75) is 19.8 Å². The summed E-state index contributed by atoms with van der Waals surface area (Å²) in [5.41, 5.74) is 3.76. The molecule has 3 aliphatic rings. The number of piperidine rings is 1. The van der Waals surface area contributed by atoms with E-state index in [9.17, 15) is 0 Å². The van der Waals surface area contributed by atoms with Gasteiger partial charge >= 0.3 is 0 Å². The quantitative estimate of drug-likeness (QED) is 0.692. The van der Waals surface area contributed by atoms with Gasteiger partial charge in [-0.15, -0.1) is 0 Å². The molecule has 1 aromatic rings. The fraction of sp³-hybridized carbons (Fsp3) is 0.462. The van der Waals surface area contributed by atoms with Gasteiger partial charge in [-0.1, -0.05) is 6.07 Å². The van der Waals surface area contributed by atoms with Gasteiger partial charge in [0.1, 0.15) is 0 Å². The molecule has 4 heterocycles. The van der Waals surface area contributed by atoms with Gasteiger partial charge in [0.15, 0.2) is 0 Å². The fourth-order valence-corrected chi connectivity index (χ4v) is 2.62. The van der Waals surface area contributed by atoms with Gasteiger partial charge in [-0.05, 0) is 43.4 Å². The third-order valence-corrected chi connectivity index (χ3v) is 3.48. The number of hydrogen-bond acceptors (Lipinski definition) is 2. The standard InChI is InChI=1S/C13H16N2/c1-10-3-2-4-13(14-10)12-9-15-7-5-11(12)6-8-15/h2-4,9,11H,5-8H2,1H3. The summed E-state index contributed by atoms with van der Waals surface area (Å²) in [6, 6.07) is 6.31. The summed E-state index contributed by atoms with van der Waals surface area (Å²) in [5.74, 6) is 0.754. The van der Waals surface area contributed by atoms with Crippen LogP contribution in [0.1, 0.15) is 24.2 Å². The highest BCUT2D eigenvalue weighted by Gasteiger charge is 2.28. The van der Waals surface area contributed by atoms with E-state index < -0.39 is 0 Å². The van der Waals surface area contributed by atoms with Crippen molar-refractivity contribution in [1.82, 2.24) is 9.88 Å². The highest BCUT2D eigenvalue weighted by Crippen LogP contribution is 2.36. The molecule has 0 amide bonds. The van der Waals surface area contributed by atoms with E-state index in [0.29, 0.717) is 0 Å². The molecule has 0 saturated carbocycles. The van der Waals surface area contributed by atoms with Gasteiger partial charge in [-0.25, -0.2) is 0 Å². The topological polar surface area (TPSA) is 16.1 Å². The van der Waals surface area contributed by atoms with Gasteiger partial charge in [0.05, 0.1) is 5.69 Å². The average molecular weight is 200 g/mol. The molecule has 0 radical (unpaired) electrons. The first-order valence-corrected chi connectivity index (χ1v) is 5.73. The number of pyridine rings is 1. The van der Waals surface area contributed by atoms with Crippen molar-refractivity contribution in [2.24, 2.45) is 5.92 Å². The van der Waals surface area contributed by atoms with Gasteiger partial charge in [0.2, 0.25) is 0 Å².